The SMILES string of the molecule is CC1=NN(c2ccccc2CN)CC1. The molecule has 0 saturated carbocycles. The maximum Gasteiger partial charge on any atom is 0.0638 e. The fourth-order valence-corrected chi connectivity index (χ4v) is 1.68. The molecule has 1 aromatic carbocycles. The van der Waals surface area contributed by atoms with Crippen LogP contribution in [0.5, 0.6) is 0 Å². The molecule has 3 heteroatoms. The van der Waals surface area contributed by atoms with E-state index in [1.165, 1.54) is 5.71 Å². The van der Waals surface area contributed by atoms with Crippen molar-refractivity contribution in [3.8, 4) is 0 Å². The monoisotopic (exact) mass is 189 g/mol. The third-order valence-corrected chi connectivity index (χ3v) is 2.47. The zero-order valence-electron chi connectivity index (χ0n) is 8.40. The second-order valence-corrected chi connectivity index (χ2v) is 3.54. The first kappa shape index (κ1) is 9.21. The van der Waals surface area contributed by atoms with Gasteiger partial charge in [0.05, 0.1) is 5.69 Å². The van der Waals surface area contributed by atoms with Crippen molar-refractivity contribution in [3.05, 3.63) is 29.8 Å². The lowest BCUT2D eigenvalue weighted by atomic mass is 10.1. The van der Waals surface area contributed by atoms with Gasteiger partial charge in [0.2, 0.25) is 0 Å². The molecule has 0 bridgehead atoms. The Kier molecular flexibility index (Phi) is 2.50. The van der Waals surface area contributed by atoms with Crippen LogP contribution in [0.2, 0.25) is 0 Å². The first-order valence-electron chi connectivity index (χ1n) is 4.91. The Morgan fingerprint density at radius 3 is 2.86 bits per heavy atom. The molecule has 0 spiro atoms. The summed E-state index contributed by atoms with van der Waals surface area (Å²) < 4.78 is 0. The zero-order chi connectivity index (χ0) is 9.97. The molecule has 0 unspecified atom stereocenters. The zero-order valence-corrected chi connectivity index (χ0v) is 8.40. The summed E-state index contributed by atoms with van der Waals surface area (Å²) in [5.74, 6) is 0. The first-order chi connectivity index (χ1) is 6.81. The van der Waals surface area contributed by atoms with Gasteiger partial charge in [0.1, 0.15) is 0 Å². The van der Waals surface area contributed by atoms with E-state index in [4.69, 9.17) is 5.73 Å². The second kappa shape index (κ2) is 3.80. The van der Waals surface area contributed by atoms with Crippen molar-refractivity contribution in [1.82, 2.24) is 0 Å². The van der Waals surface area contributed by atoms with Gasteiger partial charge < -0.3 is 5.73 Å². The van der Waals surface area contributed by atoms with E-state index >= 15 is 0 Å². The second-order valence-electron chi connectivity index (χ2n) is 3.54. The van der Waals surface area contributed by atoms with Gasteiger partial charge in [-0.15, -0.1) is 0 Å². The van der Waals surface area contributed by atoms with Crippen molar-refractivity contribution in [3.63, 3.8) is 0 Å². The van der Waals surface area contributed by atoms with E-state index in [0.29, 0.717) is 6.54 Å². The van der Waals surface area contributed by atoms with E-state index in [1.807, 2.05) is 17.1 Å². The summed E-state index contributed by atoms with van der Waals surface area (Å²) in [5.41, 5.74) is 9.17. The van der Waals surface area contributed by atoms with Crippen LogP contribution < -0.4 is 10.7 Å². The molecule has 1 aromatic rings. The normalized spacial score (nSPS) is 15.9. The Bertz CT molecular complexity index is 357. The first-order valence-corrected chi connectivity index (χ1v) is 4.91. The van der Waals surface area contributed by atoms with Crippen LogP contribution in [-0.2, 0) is 6.54 Å². The minimum atomic E-state index is 0.571. The van der Waals surface area contributed by atoms with Gasteiger partial charge in [0.25, 0.3) is 0 Å². The van der Waals surface area contributed by atoms with Crippen molar-refractivity contribution in [2.45, 2.75) is 19.9 Å². The van der Waals surface area contributed by atoms with Crippen molar-refractivity contribution in [1.29, 1.82) is 0 Å². The van der Waals surface area contributed by atoms with Gasteiger partial charge in [0.15, 0.2) is 0 Å². The number of hydrazone groups is 1. The molecule has 0 saturated heterocycles. The minimum absolute atomic E-state index is 0.571. The average molecular weight is 189 g/mol. The van der Waals surface area contributed by atoms with Gasteiger partial charge >= 0.3 is 0 Å². The van der Waals surface area contributed by atoms with Crippen LogP contribution in [0.15, 0.2) is 29.4 Å². The molecule has 14 heavy (non-hydrogen) atoms. The van der Waals surface area contributed by atoms with Crippen molar-refractivity contribution < 1.29 is 0 Å². The number of hydrogen-bond donors (Lipinski definition) is 1. The summed E-state index contributed by atoms with van der Waals surface area (Å²) in [5, 5.41) is 6.50. The molecule has 0 atom stereocenters. The predicted molar refractivity (Wildman–Crippen MR) is 59.4 cm³/mol. The van der Waals surface area contributed by atoms with Gasteiger partial charge in [0, 0.05) is 25.2 Å². The number of hydrogen-bond acceptors (Lipinski definition) is 3. The molecule has 0 aromatic heterocycles. The number of para-hydroxylation sites is 1. The number of benzene rings is 1. The van der Waals surface area contributed by atoms with Gasteiger partial charge in [-0.2, -0.15) is 5.10 Å². The van der Waals surface area contributed by atoms with Crippen LogP contribution in [0.1, 0.15) is 18.9 Å². The third kappa shape index (κ3) is 1.63. The molecule has 1 aliphatic rings. The van der Waals surface area contributed by atoms with Gasteiger partial charge in [-0.1, -0.05) is 18.2 Å². The molecule has 1 aliphatic heterocycles. The molecule has 0 fully saturated rings. The van der Waals surface area contributed by atoms with Crippen LogP contribution in [0.3, 0.4) is 0 Å². The highest BCUT2D eigenvalue weighted by molar-refractivity contribution is 5.85. The van der Waals surface area contributed by atoms with E-state index in [2.05, 4.69) is 24.2 Å². The highest BCUT2D eigenvalue weighted by Gasteiger charge is 2.14. The van der Waals surface area contributed by atoms with Crippen LogP contribution >= 0.6 is 0 Å². The maximum absolute atomic E-state index is 5.68. The molecular weight excluding hydrogens is 174 g/mol. The molecule has 0 amide bonds. The predicted octanol–water partition coefficient (Wildman–Crippen LogP) is 1.73. The molecule has 2 rings (SSSR count). The molecule has 1 heterocycles. The Morgan fingerprint density at radius 1 is 1.43 bits per heavy atom. The minimum Gasteiger partial charge on any atom is -0.326 e. The fourth-order valence-electron chi connectivity index (χ4n) is 1.68. The summed E-state index contributed by atoms with van der Waals surface area (Å²) in [4.78, 5) is 0. The van der Waals surface area contributed by atoms with Crippen molar-refractivity contribution in [2.24, 2.45) is 10.8 Å². The smallest absolute Gasteiger partial charge is 0.0638 e. The molecule has 2 N–H and O–H groups in total. The van der Waals surface area contributed by atoms with E-state index in [0.717, 1.165) is 24.2 Å². The van der Waals surface area contributed by atoms with Crippen molar-refractivity contribution in [2.75, 3.05) is 11.6 Å². The Labute approximate surface area is 84.2 Å². The van der Waals surface area contributed by atoms with E-state index in [-0.39, 0.29) is 0 Å². The largest absolute Gasteiger partial charge is 0.326 e. The lowest BCUT2D eigenvalue weighted by Gasteiger charge is -2.16. The average Bonchev–Trinajstić information content (AvgIpc) is 2.65. The lowest BCUT2D eigenvalue weighted by Crippen LogP contribution is -2.15. The van der Waals surface area contributed by atoms with Crippen LogP contribution in [0, 0.1) is 0 Å². The standard InChI is InChI=1S/C11H15N3/c1-9-6-7-14(13-9)11-5-3-2-4-10(11)8-12/h2-5H,6-8,12H2,1H3. The number of rotatable bonds is 2. The summed E-state index contributed by atoms with van der Waals surface area (Å²) in [6.45, 7) is 3.61. The molecule has 0 radical (unpaired) electrons. The molecule has 3 nitrogen and oxygen atoms in total. The Hall–Kier alpha value is -1.35. The Morgan fingerprint density at radius 2 is 2.21 bits per heavy atom. The third-order valence-electron chi connectivity index (χ3n) is 2.47. The van der Waals surface area contributed by atoms with E-state index in [1.54, 1.807) is 0 Å². The summed E-state index contributed by atoms with van der Waals surface area (Å²) in [6, 6.07) is 8.17. The van der Waals surface area contributed by atoms with Crippen LogP contribution in [0.4, 0.5) is 5.69 Å². The summed E-state index contributed by atoms with van der Waals surface area (Å²) in [7, 11) is 0. The van der Waals surface area contributed by atoms with E-state index in [9.17, 15) is 0 Å². The highest BCUT2D eigenvalue weighted by atomic mass is 15.5. The maximum atomic E-state index is 5.68. The number of nitrogens with zero attached hydrogens (tertiary/aromatic N) is 2. The summed E-state index contributed by atoms with van der Waals surface area (Å²) >= 11 is 0. The lowest BCUT2D eigenvalue weighted by molar-refractivity contribution is 0.902. The van der Waals surface area contributed by atoms with Gasteiger partial charge in [-0.25, -0.2) is 0 Å². The summed E-state index contributed by atoms with van der Waals surface area (Å²) in [6.07, 6.45) is 1.05. The van der Waals surface area contributed by atoms with E-state index < -0.39 is 0 Å². The molecule has 74 valence electrons. The molecule has 0 aliphatic carbocycles. The Balaban J connectivity index is 2.32. The van der Waals surface area contributed by atoms with Crippen LogP contribution in [-0.4, -0.2) is 12.3 Å². The number of nitrogens with two attached hydrogens (primary N) is 1. The van der Waals surface area contributed by atoms with Gasteiger partial charge in [-0.3, -0.25) is 5.01 Å². The quantitative estimate of drug-likeness (QED) is 0.769. The van der Waals surface area contributed by atoms with Crippen molar-refractivity contribution >= 4 is 11.4 Å². The number of anilines is 1. The highest BCUT2D eigenvalue weighted by Crippen LogP contribution is 2.23. The van der Waals surface area contributed by atoms with Gasteiger partial charge in [-0.05, 0) is 18.6 Å². The topological polar surface area (TPSA) is 41.6 Å². The van der Waals surface area contributed by atoms with Crippen LogP contribution in [0.25, 0.3) is 0 Å². The molecular formula is C11H15N3. The fraction of sp³-hybridized carbons (Fsp3) is 0.364.